The number of benzene rings is 1. The van der Waals surface area contributed by atoms with Crippen LogP contribution in [0.15, 0.2) is 33.8 Å². The SMILES string of the molecule is Nc1cn[nH]c1NS(=O)(=O)c1ccc(Br)cc1F. The molecule has 1 heterocycles. The van der Waals surface area contributed by atoms with Crippen LogP contribution < -0.4 is 10.5 Å². The molecule has 0 radical (unpaired) electrons. The molecular formula is C9H8BrFN4O2S. The normalized spacial score (nSPS) is 11.4. The van der Waals surface area contributed by atoms with E-state index in [9.17, 15) is 12.8 Å². The van der Waals surface area contributed by atoms with Gasteiger partial charge in [-0.05, 0) is 18.2 Å². The molecule has 0 spiro atoms. The molecule has 0 aliphatic carbocycles. The Bertz CT molecular complexity index is 686. The third-order valence-corrected chi connectivity index (χ3v) is 3.96. The number of sulfonamides is 1. The van der Waals surface area contributed by atoms with Gasteiger partial charge in [0.25, 0.3) is 10.0 Å². The van der Waals surface area contributed by atoms with Gasteiger partial charge in [-0.2, -0.15) is 5.10 Å². The Labute approximate surface area is 111 Å². The Balaban J connectivity index is 2.40. The van der Waals surface area contributed by atoms with Gasteiger partial charge in [-0.25, -0.2) is 12.8 Å². The van der Waals surface area contributed by atoms with E-state index < -0.39 is 20.7 Å². The van der Waals surface area contributed by atoms with Crippen LogP contribution >= 0.6 is 15.9 Å². The van der Waals surface area contributed by atoms with Gasteiger partial charge in [0.15, 0.2) is 5.82 Å². The average molecular weight is 335 g/mol. The highest BCUT2D eigenvalue weighted by atomic mass is 79.9. The lowest BCUT2D eigenvalue weighted by Crippen LogP contribution is -2.15. The van der Waals surface area contributed by atoms with Gasteiger partial charge >= 0.3 is 0 Å². The van der Waals surface area contributed by atoms with Gasteiger partial charge in [-0.3, -0.25) is 9.82 Å². The minimum atomic E-state index is -4.05. The minimum absolute atomic E-state index is 0.00248. The van der Waals surface area contributed by atoms with Gasteiger partial charge in [-0.1, -0.05) is 15.9 Å². The van der Waals surface area contributed by atoms with Crippen molar-refractivity contribution in [2.45, 2.75) is 4.90 Å². The Morgan fingerprint density at radius 2 is 2.17 bits per heavy atom. The summed E-state index contributed by atoms with van der Waals surface area (Å²) in [6, 6.07) is 3.63. The standard InChI is InChI=1S/C9H8BrFN4O2S/c10-5-1-2-8(6(11)3-5)18(16,17)15-9-7(12)4-13-14-9/h1-4H,12H2,(H2,13,14,15). The zero-order chi connectivity index (χ0) is 13.3. The molecule has 1 aromatic carbocycles. The third kappa shape index (κ3) is 2.46. The van der Waals surface area contributed by atoms with E-state index in [1.54, 1.807) is 0 Å². The molecule has 0 aliphatic rings. The lowest BCUT2D eigenvalue weighted by atomic mass is 10.3. The number of aromatic nitrogens is 2. The number of nitrogen functional groups attached to an aromatic ring is 1. The van der Waals surface area contributed by atoms with Crippen LogP contribution in [0, 0.1) is 5.82 Å². The van der Waals surface area contributed by atoms with E-state index in [2.05, 4.69) is 30.8 Å². The molecule has 1 aromatic heterocycles. The smallest absolute Gasteiger partial charge is 0.266 e. The molecule has 9 heteroatoms. The molecule has 0 saturated carbocycles. The van der Waals surface area contributed by atoms with Gasteiger partial charge < -0.3 is 5.73 Å². The fourth-order valence-corrected chi connectivity index (χ4v) is 2.70. The van der Waals surface area contributed by atoms with E-state index in [0.29, 0.717) is 4.47 Å². The Morgan fingerprint density at radius 1 is 1.44 bits per heavy atom. The van der Waals surface area contributed by atoms with Crippen molar-refractivity contribution in [2.75, 3.05) is 10.5 Å². The van der Waals surface area contributed by atoms with E-state index in [-0.39, 0.29) is 11.5 Å². The van der Waals surface area contributed by atoms with Crippen LogP contribution in [-0.2, 0) is 10.0 Å². The van der Waals surface area contributed by atoms with Crippen molar-refractivity contribution in [3.8, 4) is 0 Å². The van der Waals surface area contributed by atoms with Gasteiger partial charge in [0.1, 0.15) is 10.7 Å². The van der Waals surface area contributed by atoms with Gasteiger partial charge in [0.2, 0.25) is 0 Å². The van der Waals surface area contributed by atoms with E-state index >= 15 is 0 Å². The van der Waals surface area contributed by atoms with Crippen molar-refractivity contribution in [3.05, 3.63) is 34.7 Å². The third-order valence-electron chi connectivity index (χ3n) is 2.09. The topological polar surface area (TPSA) is 101 Å². The van der Waals surface area contributed by atoms with Crippen molar-refractivity contribution in [1.29, 1.82) is 0 Å². The fraction of sp³-hybridized carbons (Fsp3) is 0. The molecular weight excluding hydrogens is 327 g/mol. The molecule has 0 aliphatic heterocycles. The molecule has 0 unspecified atom stereocenters. The average Bonchev–Trinajstić information content (AvgIpc) is 2.63. The zero-order valence-corrected chi connectivity index (χ0v) is 11.2. The number of anilines is 2. The molecule has 0 saturated heterocycles. The van der Waals surface area contributed by atoms with E-state index in [0.717, 1.165) is 12.1 Å². The number of halogens is 2. The second-order valence-electron chi connectivity index (χ2n) is 3.38. The maximum Gasteiger partial charge on any atom is 0.266 e. The fourth-order valence-electron chi connectivity index (χ4n) is 1.26. The summed E-state index contributed by atoms with van der Waals surface area (Å²) in [6.45, 7) is 0. The van der Waals surface area contributed by atoms with Crippen LogP contribution in [0.5, 0.6) is 0 Å². The monoisotopic (exact) mass is 334 g/mol. The van der Waals surface area contributed by atoms with Crippen LogP contribution in [0.4, 0.5) is 15.9 Å². The maximum absolute atomic E-state index is 13.6. The van der Waals surface area contributed by atoms with E-state index in [1.807, 2.05) is 0 Å². The first kappa shape index (κ1) is 12.8. The summed E-state index contributed by atoms with van der Waals surface area (Å²) in [6.07, 6.45) is 1.25. The lowest BCUT2D eigenvalue weighted by Gasteiger charge is -2.07. The van der Waals surface area contributed by atoms with Crippen LogP contribution in [0.3, 0.4) is 0 Å². The lowest BCUT2D eigenvalue weighted by molar-refractivity contribution is 0.569. The number of hydrogen-bond donors (Lipinski definition) is 3. The summed E-state index contributed by atoms with van der Waals surface area (Å²) >= 11 is 3.04. The Morgan fingerprint density at radius 3 is 2.72 bits per heavy atom. The highest BCUT2D eigenvalue weighted by Gasteiger charge is 2.20. The van der Waals surface area contributed by atoms with Gasteiger partial charge in [-0.15, -0.1) is 0 Å². The highest BCUT2D eigenvalue weighted by Crippen LogP contribution is 2.23. The van der Waals surface area contributed by atoms with Gasteiger partial charge in [0.05, 0.1) is 11.9 Å². The maximum atomic E-state index is 13.6. The summed E-state index contributed by atoms with van der Waals surface area (Å²) in [5.41, 5.74) is 5.59. The molecule has 6 nitrogen and oxygen atoms in total. The summed E-state index contributed by atoms with van der Waals surface area (Å²) in [4.78, 5) is -0.472. The van der Waals surface area contributed by atoms with Crippen molar-refractivity contribution < 1.29 is 12.8 Å². The first-order valence-electron chi connectivity index (χ1n) is 4.67. The molecule has 0 fully saturated rings. The van der Waals surface area contributed by atoms with Crippen molar-refractivity contribution in [1.82, 2.24) is 10.2 Å². The molecule has 0 amide bonds. The largest absolute Gasteiger partial charge is 0.394 e. The predicted molar refractivity (Wildman–Crippen MR) is 67.9 cm³/mol. The quantitative estimate of drug-likeness (QED) is 0.795. The van der Waals surface area contributed by atoms with Crippen molar-refractivity contribution >= 4 is 37.5 Å². The molecule has 0 bridgehead atoms. The zero-order valence-electron chi connectivity index (χ0n) is 8.81. The number of hydrogen-bond acceptors (Lipinski definition) is 4. The Kier molecular flexibility index (Phi) is 3.26. The Hall–Kier alpha value is -1.61. The summed E-state index contributed by atoms with van der Waals surface area (Å²) in [5, 5.41) is 5.92. The van der Waals surface area contributed by atoms with Crippen molar-refractivity contribution in [3.63, 3.8) is 0 Å². The summed E-state index contributed by atoms with van der Waals surface area (Å²) < 4.78 is 40.0. The van der Waals surface area contributed by atoms with Crippen LogP contribution in [0.25, 0.3) is 0 Å². The summed E-state index contributed by atoms with van der Waals surface area (Å²) in [7, 11) is -4.05. The molecule has 0 atom stereocenters. The highest BCUT2D eigenvalue weighted by molar-refractivity contribution is 9.10. The number of aromatic amines is 1. The summed E-state index contributed by atoms with van der Waals surface area (Å²) in [5.74, 6) is -0.868. The van der Waals surface area contributed by atoms with Crippen molar-refractivity contribution in [2.24, 2.45) is 0 Å². The van der Waals surface area contributed by atoms with Crippen LogP contribution in [0.2, 0.25) is 0 Å². The first-order chi connectivity index (χ1) is 8.40. The molecule has 2 rings (SSSR count). The molecule has 4 N–H and O–H groups in total. The second-order valence-corrected chi connectivity index (χ2v) is 5.95. The molecule has 96 valence electrons. The first-order valence-corrected chi connectivity index (χ1v) is 6.94. The van der Waals surface area contributed by atoms with Crippen LogP contribution in [0.1, 0.15) is 0 Å². The molecule has 18 heavy (non-hydrogen) atoms. The number of nitrogens with two attached hydrogens (primary N) is 1. The molecule has 2 aromatic rings. The van der Waals surface area contributed by atoms with Gasteiger partial charge in [0, 0.05) is 4.47 Å². The minimum Gasteiger partial charge on any atom is -0.394 e. The number of nitrogens with one attached hydrogen (secondary N) is 2. The predicted octanol–water partition coefficient (Wildman–Crippen LogP) is 1.69. The van der Waals surface area contributed by atoms with E-state index in [1.165, 1.54) is 12.3 Å². The van der Waals surface area contributed by atoms with Crippen LogP contribution in [-0.4, -0.2) is 18.6 Å². The number of H-pyrrole nitrogens is 1. The second kappa shape index (κ2) is 4.58. The number of nitrogens with zero attached hydrogens (tertiary/aromatic N) is 1. The number of rotatable bonds is 3. The van der Waals surface area contributed by atoms with E-state index in [4.69, 9.17) is 5.73 Å².